The van der Waals surface area contributed by atoms with Gasteiger partial charge in [-0.1, -0.05) is 59.6 Å². The number of aromatic nitrogens is 2. The first-order valence-electron chi connectivity index (χ1n) is 6.13. The molecule has 0 saturated heterocycles. The Hall–Kier alpha value is -2.17. The molecule has 2 aromatic carbocycles. The Labute approximate surface area is 130 Å². The SMILES string of the molecule is O=C(Nc1cccc2ccccc12)c1cc(Cl)nnc1Cl. The maximum atomic E-state index is 12.3. The number of nitrogens with zero attached hydrogens (tertiary/aromatic N) is 2. The first kappa shape index (κ1) is 13.8. The van der Waals surface area contributed by atoms with Gasteiger partial charge >= 0.3 is 0 Å². The van der Waals surface area contributed by atoms with Gasteiger partial charge < -0.3 is 5.32 Å². The molecular weight excluding hydrogens is 309 g/mol. The maximum Gasteiger partial charge on any atom is 0.258 e. The Morgan fingerprint density at radius 1 is 1.00 bits per heavy atom. The zero-order valence-corrected chi connectivity index (χ0v) is 12.2. The molecule has 0 saturated carbocycles. The van der Waals surface area contributed by atoms with E-state index in [1.807, 2.05) is 42.5 Å². The van der Waals surface area contributed by atoms with Gasteiger partial charge in [-0.3, -0.25) is 4.79 Å². The molecule has 1 heterocycles. The minimum absolute atomic E-state index is 0.0112. The third-order valence-corrected chi connectivity index (χ3v) is 3.47. The van der Waals surface area contributed by atoms with Crippen molar-refractivity contribution in [2.45, 2.75) is 0 Å². The van der Waals surface area contributed by atoms with Gasteiger partial charge in [0.2, 0.25) is 0 Å². The lowest BCUT2D eigenvalue weighted by Crippen LogP contribution is -2.13. The third-order valence-electron chi connectivity index (χ3n) is 3.00. The van der Waals surface area contributed by atoms with Crippen LogP contribution in [0.25, 0.3) is 10.8 Å². The Morgan fingerprint density at radius 3 is 2.62 bits per heavy atom. The number of carbonyl (C=O) groups is 1. The van der Waals surface area contributed by atoms with Crippen LogP contribution in [0.2, 0.25) is 10.3 Å². The molecule has 0 aliphatic carbocycles. The van der Waals surface area contributed by atoms with Crippen LogP contribution in [0.3, 0.4) is 0 Å². The highest BCUT2D eigenvalue weighted by Crippen LogP contribution is 2.24. The molecule has 0 aliphatic rings. The number of hydrogen-bond acceptors (Lipinski definition) is 3. The van der Waals surface area contributed by atoms with Crippen LogP contribution in [0.5, 0.6) is 0 Å². The van der Waals surface area contributed by atoms with E-state index in [4.69, 9.17) is 23.2 Å². The van der Waals surface area contributed by atoms with Gasteiger partial charge in [-0.25, -0.2) is 0 Å². The number of anilines is 1. The third kappa shape index (κ3) is 2.82. The number of benzene rings is 2. The van der Waals surface area contributed by atoms with Gasteiger partial charge in [0.1, 0.15) is 0 Å². The number of nitrogens with one attached hydrogen (secondary N) is 1. The quantitative estimate of drug-likeness (QED) is 0.771. The van der Waals surface area contributed by atoms with E-state index in [0.29, 0.717) is 5.69 Å². The van der Waals surface area contributed by atoms with Gasteiger partial charge in [-0.2, -0.15) is 0 Å². The lowest BCUT2D eigenvalue weighted by atomic mass is 10.1. The number of fused-ring (bicyclic) bond motifs is 1. The number of carbonyl (C=O) groups excluding carboxylic acids is 1. The first-order valence-corrected chi connectivity index (χ1v) is 6.88. The van der Waals surface area contributed by atoms with Crippen molar-refractivity contribution in [1.82, 2.24) is 10.2 Å². The van der Waals surface area contributed by atoms with Gasteiger partial charge in [-0.15, -0.1) is 10.2 Å². The summed E-state index contributed by atoms with van der Waals surface area (Å²) >= 11 is 11.6. The Morgan fingerprint density at radius 2 is 1.76 bits per heavy atom. The fraction of sp³-hybridized carbons (Fsp3) is 0. The first-order chi connectivity index (χ1) is 10.1. The van der Waals surface area contributed by atoms with Gasteiger partial charge in [0.25, 0.3) is 5.91 Å². The van der Waals surface area contributed by atoms with E-state index in [1.165, 1.54) is 6.07 Å². The highest BCUT2D eigenvalue weighted by atomic mass is 35.5. The number of hydrogen-bond donors (Lipinski definition) is 1. The second-order valence-electron chi connectivity index (χ2n) is 4.35. The molecule has 4 nitrogen and oxygen atoms in total. The Balaban J connectivity index is 1.99. The molecule has 0 bridgehead atoms. The smallest absolute Gasteiger partial charge is 0.258 e. The van der Waals surface area contributed by atoms with Crippen LogP contribution < -0.4 is 5.32 Å². The lowest BCUT2D eigenvalue weighted by molar-refractivity contribution is 0.102. The largest absolute Gasteiger partial charge is 0.321 e. The molecule has 0 radical (unpaired) electrons. The molecule has 21 heavy (non-hydrogen) atoms. The number of halogens is 2. The van der Waals surface area contributed by atoms with Crippen LogP contribution >= 0.6 is 23.2 Å². The molecule has 3 aromatic rings. The van der Waals surface area contributed by atoms with Crippen molar-refractivity contribution in [3.8, 4) is 0 Å². The van der Waals surface area contributed by atoms with E-state index in [-0.39, 0.29) is 21.8 Å². The maximum absolute atomic E-state index is 12.3. The number of amides is 1. The van der Waals surface area contributed by atoms with Crippen molar-refractivity contribution < 1.29 is 4.79 Å². The lowest BCUT2D eigenvalue weighted by Gasteiger charge is -2.09. The van der Waals surface area contributed by atoms with Gasteiger partial charge in [-0.05, 0) is 17.5 Å². The average Bonchev–Trinajstić information content (AvgIpc) is 2.50. The summed E-state index contributed by atoms with van der Waals surface area (Å²) in [5, 5.41) is 12.1. The predicted molar refractivity (Wildman–Crippen MR) is 84.0 cm³/mol. The van der Waals surface area contributed by atoms with E-state index < -0.39 is 0 Å². The molecule has 0 spiro atoms. The van der Waals surface area contributed by atoms with Crippen molar-refractivity contribution in [2.75, 3.05) is 5.32 Å². The fourth-order valence-corrected chi connectivity index (χ4v) is 2.36. The minimum atomic E-state index is -0.381. The Kier molecular flexibility index (Phi) is 3.73. The molecule has 0 fully saturated rings. The van der Waals surface area contributed by atoms with Crippen LogP contribution in [0.1, 0.15) is 10.4 Å². The monoisotopic (exact) mass is 317 g/mol. The normalized spacial score (nSPS) is 10.6. The molecular formula is C15H9Cl2N3O. The van der Waals surface area contributed by atoms with Crippen LogP contribution in [-0.4, -0.2) is 16.1 Å². The van der Waals surface area contributed by atoms with E-state index in [2.05, 4.69) is 15.5 Å². The van der Waals surface area contributed by atoms with Crippen molar-refractivity contribution >= 4 is 45.6 Å². The van der Waals surface area contributed by atoms with Gasteiger partial charge in [0, 0.05) is 11.1 Å². The summed E-state index contributed by atoms with van der Waals surface area (Å²) in [6, 6.07) is 14.8. The Bertz CT molecular complexity index is 831. The highest BCUT2D eigenvalue weighted by Gasteiger charge is 2.14. The molecule has 1 amide bonds. The zero-order valence-electron chi connectivity index (χ0n) is 10.7. The van der Waals surface area contributed by atoms with Crippen LogP contribution in [0.15, 0.2) is 48.5 Å². The van der Waals surface area contributed by atoms with E-state index in [1.54, 1.807) is 0 Å². The molecule has 3 rings (SSSR count). The summed E-state index contributed by atoms with van der Waals surface area (Å²) in [5.74, 6) is -0.381. The van der Waals surface area contributed by atoms with Crippen molar-refractivity contribution in [3.05, 3.63) is 64.4 Å². The zero-order chi connectivity index (χ0) is 14.8. The molecule has 6 heteroatoms. The summed E-state index contributed by atoms with van der Waals surface area (Å²) in [6.45, 7) is 0. The van der Waals surface area contributed by atoms with Crippen LogP contribution in [0, 0.1) is 0 Å². The molecule has 0 unspecified atom stereocenters. The van der Waals surface area contributed by atoms with Gasteiger partial charge in [0.15, 0.2) is 10.3 Å². The van der Waals surface area contributed by atoms with Crippen LogP contribution in [0.4, 0.5) is 5.69 Å². The average molecular weight is 318 g/mol. The predicted octanol–water partition coefficient (Wildman–Crippen LogP) is 4.19. The molecule has 0 atom stereocenters. The summed E-state index contributed by atoms with van der Waals surface area (Å²) in [4.78, 5) is 12.3. The standard InChI is InChI=1S/C15H9Cl2N3O/c16-13-8-11(14(17)20-19-13)15(21)18-12-7-3-5-9-4-1-2-6-10(9)12/h1-8H,(H,18,21). The summed E-state index contributed by atoms with van der Waals surface area (Å²) in [6.07, 6.45) is 0. The van der Waals surface area contributed by atoms with E-state index in [0.717, 1.165) is 10.8 Å². The number of rotatable bonds is 2. The van der Waals surface area contributed by atoms with E-state index >= 15 is 0 Å². The molecule has 0 aliphatic heterocycles. The van der Waals surface area contributed by atoms with Crippen LogP contribution in [-0.2, 0) is 0 Å². The van der Waals surface area contributed by atoms with Crippen molar-refractivity contribution in [1.29, 1.82) is 0 Å². The minimum Gasteiger partial charge on any atom is -0.321 e. The fourth-order valence-electron chi connectivity index (χ4n) is 2.04. The molecule has 1 aromatic heterocycles. The topological polar surface area (TPSA) is 54.9 Å². The van der Waals surface area contributed by atoms with Crippen molar-refractivity contribution in [3.63, 3.8) is 0 Å². The van der Waals surface area contributed by atoms with E-state index in [9.17, 15) is 4.79 Å². The summed E-state index contributed by atoms with van der Waals surface area (Å²) in [5.41, 5.74) is 0.881. The molecule has 1 N–H and O–H groups in total. The second kappa shape index (κ2) is 5.68. The highest BCUT2D eigenvalue weighted by molar-refractivity contribution is 6.34. The van der Waals surface area contributed by atoms with Gasteiger partial charge in [0.05, 0.1) is 5.56 Å². The summed E-state index contributed by atoms with van der Waals surface area (Å²) < 4.78 is 0. The molecule has 104 valence electrons. The second-order valence-corrected chi connectivity index (χ2v) is 5.10. The summed E-state index contributed by atoms with van der Waals surface area (Å²) in [7, 11) is 0. The van der Waals surface area contributed by atoms with Crippen molar-refractivity contribution in [2.24, 2.45) is 0 Å².